The van der Waals surface area contributed by atoms with Crippen LogP contribution in [0.1, 0.15) is 30.6 Å². The molecule has 60 valence electrons. The Balaban J connectivity index is 2.90. The molecule has 0 aliphatic rings. The zero-order valence-corrected chi connectivity index (χ0v) is 7.26. The second-order valence-electron chi connectivity index (χ2n) is 2.64. The summed E-state index contributed by atoms with van der Waals surface area (Å²) in [6, 6.07) is 0. The monoisotopic (exact) mass is 151 g/mol. The lowest BCUT2D eigenvalue weighted by Gasteiger charge is -2.00. The SMILES string of the molecule is CCCc1nnc(C)nc1C. The molecule has 0 fully saturated rings. The first kappa shape index (κ1) is 8.11. The average molecular weight is 151 g/mol. The summed E-state index contributed by atoms with van der Waals surface area (Å²) in [6.07, 6.45) is 2.08. The molecular formula is C8H13N3. The Labute approximate surface area is 66.9 Å². The number of aromatic nitrogens is 3. The van der Waals surface area contributed by atoms with Crippen molar-refractivity contribution in [2.45, 2.75) is 33.6 Å². The summed E-state index contributed by atoms with van der Waals surface area (Å²) < 4.78 is 0. The molecule has 0 aliphatic heterocycles. The van der Waals surface area contributed by atoms with Crippen LogP contribution in [0.25, 0.3) is 0 Å². The first-order valence-corrected chi connectivity index (χ1v) is 3.91. The minimum atomic E-state index is 0.752. The zero-order chi connectivity index (χ0) is 8.27. The third-order valence-corrected chi connectivity index (χ3v) is 1.55. The molecule has 0 aliphatic carbocycles. The van der Waals surface area contributed by atoms with E-state index < -0.39 is 0 Å². The number of aryl methyl sites for hydroxylation is 3. The van der Waals surface area contributed by atoms with Crippen molar-refractivity contribution in [2.75, 3.05) is 0 Å². The van der Waals surface area contributed by atoms with Gasteiger partial charge in [0.25, 0.3) is 0 Å². The van der Waals surface area contributed by atoms with Gasteiger partial charge in [-0.05, 0) is 20.3 Å². The van der Waals surface area contributed by atoms with E-state index in [0.29, 0.717) is 0 Å². The van der Waals surface area contributed by atoms with Crippen molar-refractivity contribution in [3.8, 4) is 0 Å². The second-order valence-corrected chi connectivity index (χ2v) is 2.64. The van der Waals surface area contributed by atoms with Crippen molar-refractivity contribution in [2.24, 2.45) is 0 Å². The van der Waals surface area contributed by atoms with Crippen LogP contribution in [0.4, 0.5) is 0 Å². The van der Waals surface area contributed by atoms with Crippen molar-refractivity contribution in [3.05, 3.63) is 17.2 Å². The van der Waals surface area contributed by atoms with E-state index in [9.17, 15) is 0 Å². The largest absolute Gasteiger partial charge is 0.235 e. The molecule has 1 heterocycles. The van der Waals surface area contributed by atoms with Crippen LogP contribution in [0.15, 0.2) is 0 Å². The van der Waals surface area contributed by atoms with E-state index in [1.165, 1.54) is 0 Å². The molecule has 3 nitrogen and oxygen atoms in total. The van der Waals surface area contributed by atoms with Crippen LogP contribution in [0.2, 0.25) is 0 Å². The van der Waals surface area contributed by atoms with Crippen LogP contribution in [0.3, 0.4) is 0 Å². The fourth-order valence-corrected chi connectivity index (χ4v) is 1.00. The van der Waals surface area contributed by atoms with Crippen molar-refractivity contribution < 1.29 is 0 Å². The fraction of sp³-hybridized carbons (Fsp3) is 0.625. The van der Waals surface area contributed by atoms with Crippen molar-refractivity contribution >= 4 is 0 Å². The van der Waals surface area contributed by atoms with Gasteiger partial charge in [-0.2, -0.15) is 5.10 Å². The Kier molecular flexibility index (Phi) is 2.52. The van der Waals surface area contributed by atoms with Crippen LogP contribution in [-0.4, -0.2) is 15.2 Å². The fourth-order valence-electron chi connectivity index (χ4n) is 1.00. The molecule has 0 spiro atoms. The van der Waals surface area contributed by atoms with Gasteiger partial charge < -0.3 is 0 Å². The normalized spacial score (nSPS) is 10.1. The number of hydrogen-bond acceptors (Lipinski definition) is 3. The van der Waals surface area contributed by atoms with Crippen molar-refractivity contribution in [1.82, 2.24) is 15.2 Å². The Morgan fingerprint density at radius 1 is 1.18 bits per heavy atom. The van der Waals surface area contributed by atoms with Gasteiger partial charge in [0.2, 0.25) is 0 Å². The molecule has 0 saturated carbocycles. The first-order chi connectivity index (χ1) is 5.24. The summed E-state index contributed by atoms with van der Waals surface area (Å²) in [5.41, 5.74) is 2.04. The maximum Gasteiger partial charge on any atom is 0.148 e. The van der Waals surface area contributed by atoms with Crippen LogP contribution in [0, 0.1) is 13.8 Å². The molecule has 1 rings (SSSR count). The smallest absolute Gasteiger partial charge is 0.148 e. The van der Waals surface area contributed by atoms with Crippen molar-refractivity contribution in [3.63, 3.8) is 0 Å². The summed E-state index contributed by atoms with van der Waals surface area (Å²) in [7, 11) is 0. The standard InChI is InChI=1S/C8H13N3/c1-4-5-8-6(2)9-7(3)10-11-8/h4-5H2,1-3H3. The van der Waals surface area contributed by atoms with E-state index in [0.717, 1.165) is 30.1 Å². The molecular weight excluding hydrogens is 138 g/mol. The summed E-state index contributed by atoms with van der Waals surface area (Å²) in [4.78, 5) is 4.22. The minimum Gasteiger partial charge on any atom is -0.235 e. The highest BCUT2D eigenvalue weighted by molar-refractivity contribution is 5.07. The molecule has 1 aromatic rings. The van der Waals surface area contributed by atoms with Gasteiger partial charge >= 0.3 is 0 Å². The van der Waals surface area contributed by atoms with E-state index in [-0.39, 0.29) is 0 Å². The quantitative estimate of drug-likeness (QED) is 0.642. The van der Waals surface area contributed by atoms with E-state index in [2.05, 4.69) is 22.1 Å². The number of rotatable bonds is 2. The summed E-state index contributed by atoms with van der Waals surface area (Å²) in [5.74, 6) is 0.752. The van der Waals surface area contributed by atoms with Gasteiger partial charge in [-0.25, -0.2) is 4.98 Å². The van der Waals surface area contributed by atoms with E-state index >= 15 is 0 Å². The Morgan fingerprint density at radius 3 is 2.45 bits per heavy atom. The molecule has 0 aromatic carbocycles. The van der Waals surface area contributed by atoms with Gasteiger partial charge in [0.05, 0.1) is 11.4 Å². The van der Waals surface area contributed by atoms with Crippen molar-refractivity contribution in [1.29, 1.82) is 0 Å². The molecule has 1 aromatic heterocycles. The predicted molar refractivity (Wildman–Crippen MR) is 43.3 cm³/mol. The molecule has 0 atom stereocenters. The molecule has 0 amide bonds. The molecule has 0 radical (unpaired) electrons. The highest BCUT2D eigenvalue weighted by Gasteiger charge is 2.00. The first-order valence-electron chi connectivity index (χ1n) is 3.91. The topological polar surface area (TPSA) is 38.7 Å². The lowest BCUT2D eigenvalue weighted by atomic mass is 10.2. The van der Waals surface area contributed by atoms with E-state index in [1.807, 2.05) is 13.8 Å². The number of hydrogen-bond donors (Lipinski definition) is 0. The van der Waals surface area contributed by atoms with E-state index in [4.69, 9.17) is 0 Å². The Bertz CT molecular complexity index is 245. The van der Waals surface area contributed by atoms with Gasteiger partial charge in [0.1, 0.15) is 5.82 Å². The van der Waals surface area contributed by atoms with Crippen LogP contribution >= 0.6 is 0 Å². The summed E-state index contributed by atoms with van der Waals surface area (Å²) >= 11 is 0. The molecule has 3 heteroatoms. The molecule has 0 saturated heterocycles. The van der Waals surface area contributed by atoms with E-state index in [1.54, 1.807) is 0 Å². The minimum absolute atomic E-state index is 0.752. The molecule has 0 N–H and O–H groups in total. The van der Waals surface area contributed by atoms with Gasteiger partial charge in [-0.1, -0.05) is 13.3 Å². The van der Waals surface area contributed by atoms with Crippen LogP contribution < -0.4 is 0 Å². The predicted octanol–water partition coefficient (Wildman–Crippen LogP) is 1.44. The Morgan fingerprint density at radius 2 is 1.91 bits per heavy atom. The van der Waals surface area contributed by atoms with Gasteiger partial charge in [0.15, 0.2) is 0 Å². The van der Waals surface area contributed by atoms with Gasteiger partial charge in [-0.3, -0.25) is 0 Å². The molecule has 0 unspecified atom stereocenters. The lowest BCUT2D eigenvalue weighted by Crippen LogP contribution is -2.01. The highest BCUT2D eigenvalue weighted by atomic mass is 15.2. The summed E-state index contributed by atoms with van der Waals surface area (Å²) in [6.45, 7) is 5.96. The second kappa shape index (κ2) is 3.42. The maximum absolute atomic E-state index is 4.22. The molecule has 0 bridgehead atoms. The highest BCUT2D eigenvalue weighted by Crippen LogP contribution is 2.02. The Hall–Kier alpha value is -0.990. The average Bonchev–Trinajstić information content (AvgIpc) is 1.95. The molecule has 11 heavy (non-hydrogen) atoms. The maximum atomic E-state index is 4.22. The van der Waals surface area contributed by atoms with Gasteiger partial charge in [-0.15, -0.1) is 5.10 Å². The van der Waals surface area contributed by atoms with Crippen LogP contribution in [0.5, 0.6) is 0 Å². The number of nitrogens with zero attached hydrogens (tertiary/aromatic N) is 3. The third kappa shape index (κ3) is 1.97. The third-order valence-electron chi connectivity index (χ3n) is 1.55. The van der Waals surface area contributed by atoms with Crippen LogP contribution in [-0.2, 0) is 6.42 Å². The lowest BCUT2D eigenvalue weighted by molar-refractivity contribution is 0.776. The summed E-state index contributed by atoms with van der Waals surface area (Å²) in [5, 5.41) is 7.95. The van der Waals surface area contributed by atoms with Gasteiger partial charge in [0, 0.05) is 0 Å². The zero-order valence-electron chi connectivity index (χ0n) is 7.26.